The number of aryl methyl sites for hydroxylation is 2. The third-order valence-electron chi connectivity index (χ3n) is 1.54. The summed E-state index contributed by atoms with van der Waals surface area (Å²) in [5.41, 5.74) is 1.77. The fraction of sp³-hybridized carbons (Fsp3) is 0.250. The number of aromatic carboxylic acids is 1. The molecule has 1 N–H and O–H groups in total. The van der Waals surface area contributed by atoms with Gasteiger partial charge >= 0.3 is 5.97 Å². The van der Waals surface area contributed by atoms with Crippen LogP contribution in [0.15, 0.2) is 12.4 Å². The Balaban J connectivity index is 3.32. The largest absolute Gasteiger partial charge is 0.478 e. The van der Waals surface area contributed by atoms with Crippen molar-refractivity contribution in [1.82, 2.24) is 4.98 Å². The van der Waals surface area contributed by atoms with E-state index in [0.717, 1.165) is 0 Å². The van der Waals surface area contributed by atoms with Crippen molar-refractivity contribution in [3.63, 3.8) is 0 Å². The number of aromatic nitrogens is 1. The van der Waals surface area contributed by atoms with Crippen molar-refractivity contribution >= 4 is 5.97 Å². The van der Waals surface area contributed by atoms with Crippen molar-refractivity contribution in [3.05, 3.63) is 29.1 Å². The molecule has 0 aliphatic heterocycles. The summed E-state index contributed by atoms with van der Waals surface area (Å²) in [5, 5.41) is 8.72. The first kappa shape index (κ1) is 7.72. The predicted octanol–water partition coefficient (Wildman–Crippen LogP) is 1.40. The molecule has 3 nitrogen and oxygen atoms in total. The van der Waals surface area contributed by atoms with Gasteiger partial charge in [0.15, 0.2) is 0 Å². The van der Waals surface area contributed by atoms with Gasteiger partial charge in [0, 0.05) is 12.4 Å². The summed E-state index contributed by atoms with van der Waals surface area (Å²) in [6.07, 6.45) is 3.10. The lowest BCUT2D eigenvalue weighted by Crippen LogP contribution is -2.03. The summed E-state index contributed by atoms with van der Waals surface area (Å²) in [6, 6.07) is 0. The highest BCUT2D eigenvalue weighted by Crippen LogP contribution is 2.10. The number of rotatable bonds is 1. The van der Waals surface area contributed by atoms with Crippen LogP contribution in [0.4, 0.5) is 0 Å². The first-order chi connectivity index (χ1) is 5.13. The SMILES string of the molecule is Cc1cncc(C)c1C(=O)O. The Kier molecular flexibility index (Phi) is 1.89. The van der Waals surface area contributed by atoms with E-state index in [0.29, 0.717) is 16.7 Å². The van der Waals surface area contributed by atoms with Crippen molar-refractivity contribution in [2.75, 3.05) is 0 Å². The van der Waals surface area contributed by atoms with E-state index in [-0.39, 0.29) is 0 Å². The molecule has 1 heterocycles. The summed E-state index contributed by atoms with van der Waals surface area (Å²) in [5.74, 6) is -0.887. The number of pyridine rings is 1. The Morgan fingerprint density at radius 3 is 2.09 bits per heavy atom. The van der Waals surface area contributed by atoms with Gasteiger partial charge in [0.05, 0.1) is 5.56 Å². The van der Waals surface area contributed by atoms with Crippen molar-refractivity contribution in [3.8, 4) is 0 Å². The molecule has 11 heavy (non-hydrogen) atoms. The number of nitrogens with zero attached hydrogens (tertiary/aromatic N) is 1. The molecular formula is C8H9NO2. The molecule has 0 radical (unpaired) electrons. The highest BCUT2D eigenvalue weighted by molar-refractivity contribution is 5.90. The molecule has 0 fully saturated rings. The van der Waals surface area contributed by atoms with Gasteiger partial charge in [-0.25, -0.2) is 4.79 Å². The molecule has 1 rings (SSSR count). The minimum Gasteiger partial charge on any atom is -0.478 e. The monoisotopic (exact) mass is 151 g/mol. The van der Waals surface area contributed by atoms with Gasteiger partial charge in [-0.05, 0) is 25.0 Å². The number of carboxylic acid groups (broad SMARTS) is 1. The average molecular weight is 151 g/mol. The summed E-state index contributed by atoms with van der Waals surface area (Å²) in [7, 11) is 0. The average Bonchev–Trinajstić information content (AvgIpc) is 1.85. The first-order valence-electron chi connectivity index (χ1n) is 3.27. The predicted molar refractivity (Wildman–Crippen MR) is 40.7 cm³/mol. The number of carboxylic acids is 1. The molecule has 1 aromatic rings. The van der Waals surface area contributed by atoms with Crippen LogP contribution >= 0.6 is 0 Å². The van der Waals surface area contributed by atoms with Gasteiger partial charge in [-0.1, -0.05) is 0 Å². The van der Waals surface area contributed by atoms with Crippen LogP contribution in [-0.4, -0.2) is 16.1 Å². The van der Waals surface area contributed by atoms with E-state index in [9.17, 15) is 4.79 Å². The Labute approximate surface area is 64.7 Å². The molecule has 1 aromatic heterocycles. The molecule has 0 saturated carbocycles. The Hall–Kier alpha value is -1.38. The molecule has 58 valence electrons. The lowest BCUT2D eigenvalue weighted by molar-refractivity contribution is 0.0695. The van der Waals surface area contributed by atoms with Gasteiger partial charge < -0.3 is 5.11 Å². The van der Waals surface area contributed by atoms with E-state index in [1.807, 2.05) is 0 Å². The van der Waals surface area contributed by atoms with Gasteiger partial charge in [-0.2, -0.15) is 0 Å². The number of hydrogen-bond acceptors (Lipinski definition) is 2. The highest BCUT2D eigenvalue weighted by atomic mass is 16.4. The summed E-state index contributed by atoms with van der Waals surface area (Å²) in [6.45, 7) is 3.48. The Bertz CT molecular complexity index is 274. The van der Waals surface area contributed by atoms with Crippen LogP contribution in [0.25, 0.3) is 0 Å². The molecule has 0 aliphatic rings. The maximum absolute atomic E-state index is 10.6. The Morgan fingerprint density at radius 1 is 1.36 bits per heavy atom. The maximum atomic E-state index is 10.6. The molecule has 0 aliphatic carbocycles. The lowest BCUT2D eigenvalue weighted by atomic mass is 10.1. The van der Waals surface area contributed by atoms with E-state index in [1.54, 1.807) is 26.2 Å². The van der Waals surface area contributed by atoms with E-state index in [1.165, 1.54) is 0 Å². The molecule has 0 amide bonds. The Morgan fingerprint density at radius 2 is 1.82 bits per heavy atom. The van der Waals surface area contributed by atoms with Crippen molar-refractivity contribution < 1.29 is 9.90 Å². The minimum absolute atomic E-state index is 0.361. The second-order valence-electron chi connectivity index (χ2n) is 2.45. The van der Waals surface area contributed by atoms with Gasteiger partial charge in [-0.3, -0.25) is 4.98 Å². The third kappa shape index (κ3) is 1.37. The molecule has 0 unspecified atom stereocenters. The van der Waals surface area contributed by atoms with Crippen LogP contribution in [-0.2, 0) is 0 Å². The lowest BCUT2D eigenvalue weighted by Gasteiger charge is -2.01. The van der Waals surface area contributed by atoms with E-state index < -0.39 is 5.97 Å². The summed E-state index contributed by atoms with van der Waals surface area (Å²) >= 11 is 0. The zero-order valence-corrected chi connectivity index (χ0v) is 6.46. The molecule has 0 spiro atoms. The summed E-state index contributed by atoms with van der Waals surface area (Å²) in [4.78, 5) is 14.5. The number of hydrogen-bond donors (Lipinski definition) is 1. The fourth-order valence-electron chi connectivity index (χ4n) is 1.04. The molecule has 0 aromatic carbocycles. The van der Waals surface area contributed by atoms with Crippen LogP contribution < -0.4 is 0 Å². The van der Waals surface area contributed by atoms with Gasteiger partial charge in [0.2, 0.25) is 0 Å². The van der Waals surface area contributed by atoms with Crippen molar-refractivity contribution in [2.45, 2.75) is 13.8 Å². The second-order valence-corrected chi connectivity index (χ2v) is 2.45. The minimum atomic E-state index is -0.887. The molecule has 0 saturated heterocycles. The third-order valence-corrected chi connectivity index (χ3v) is 1.54. The number of carbonyl (C=O) groups is 1. The molecular weight excluding hydrogens is 142 g/mol. The maximum Gasteiger partial charge on any atom is 0.336 e. The zero-order chi connectivity index (χ0) is 8.43. The topological polar surface area (TPSA) is 50.2 Å². The summed E-state index contributed by atoms with van der Waals surface area (Å²) < 4.78 is 0. The smallest absolute Gasteiger partial charge is 0.336 e. The van der Waals surface area contributed by atoms with Crippen molar-refractivity contribution in [2.24, 2.45) is 0 Å². The van der Waals surface area contributed by atoms with E-state index in [2.05, 4.69) is 4.98 Å². The van der Waals surface area contributed by atoms with Crippen LogP contribution in [0.3, 0.4) is 0 Å². The normalized spacial score (nSPS) is 9.64. The van der Waals surface area contributed by atoms with Crippen LogP contribution in [0, 0.1) is 13.8 Å². The van der Waals surface area contributed by atoms with Crippen molar-refractivity contribution in [1.29, 1.82) is 0 Å². The van der Waals surface area contributed by atoms with Crippen LogP contribution in [0.2, 0.25) is 0 Å². The van der Waals surface area contributed by atoms with E-state index >= 15 is 0 Å². The van der Waals surface area contributed by atoms with Gasteiger partial charge in [0.1, 0.15) is 0 Å². The zero-order valence-electron chi connectivity index (χ0n) is 6.46. The quantitative estimate of drug-likeness (QED) is 0.659. The van der Waals surface area contributed by atoms with Gasteiger partial charge in [0.25, 0.3) is 0 Å². The fourth-order valence-corrected chi connectivity index (χ4v) is 1.04. The standard InChI is InChI=1S/C8H9NO2/c1-5-3-9-4-6(2)7(5)8(10)11/h3-4H,1-2H3,(H,10,11). The first-order valence-corrected chi connectivity index (χ1v) is 3.27. The van der Waals surface area contributed by atoms with Crippen LogP contribution in [0.1, 0.15) is 21.5 Å². The molecule has 0 bridgehead atoms. The molecule has 3 heteroatoms. The molecule has 0 atom stereocenters. The second kappa shape index (κ2) is 2.70. The van der Waals surface area contributed by atoms with E-state index in [4.69, 9.17) is 5.11 Å². The van der Waals surface area contributed by atoms with Crippen LogP contribution in [0.5, 0.6) is 0 Å². The van der Waals surface area contributed by atoms with Gasteiger partial charge in [-0.15, -0.1) is 0 Å². The highest BCUT2D eigenvalue weighted by Gasteiger charge is 2.09.